The van der Waals surface area contributed by atoms with Gasteiger partial charge in [0.05, 0.1) is 23.7 Å². The van der Waals surface area contributed by atoms with E-state index in [4.69, 9.17) is 4.74 Å². The minimum Gasteiger partial charge on any atom is -0.478 e. The van der Waals surface area contributed by atoms with Crippen molar-refractivity contribution in [3.63, 3.8) is 0 Å². The Morgan fingerprint density at radius 2 is 2.05 bits per heavy atom. The first-order valence-corrected chi connectivity index (χ1v) is 8.10. The maximum absolute atomic E-state index is 12.5. The molecule has 0 unspecified atom stereocenters. The molecule has 0 bridgehead atoms. The van der Waals surface area contributed by atoms with Crippen LogP contribution < -0.4 is 5.32 Å². The lowest BCUT2D eigenvalue weighted by atomic mass is 10.2. The summed E-state index contributed by atoms with van der Waals surface area (Å²) in [5.74, 6) is -1.16. The first kappa shape index (κ1) is 15.7. The number of benzene rings is 1. The maximum Gasteiger partial charge on any atom is 0.337 e. The van der Waals surface area contributed by atoms with E-state index in [2.05, 4.69) is 5.32 Å². The summed E-state index contributed by atoms with van der Waals surface area (Å²) in [5.41, 5.74) is 0.358. The van der Waals surface area contributed by atoms with Gasteiger partial charge in [-0.15, -0.1) is 0 Å². The van der Waals surface area contributed by atoms with E-state index in [1.807, 2.05) is 6.92 Å². The Morgan fingerprint density at radius 3 is 2.62 bits per heavy atom. The Balaban J connectivity index is 2.39. The predicted octanol–water partition coefficient (Wildman–Crippen LogP) is 0.837. The number of nitrogens with zero attached hydrogens (tertiary/aromatic N) is 1. The van der Waals surface area contributed by atoms with E-state index >= 15 is 0 Å². The fourth-order valence-corrected chi connectivity index (χ4v) is 3.58. The van der Waals surface area contributed by atoms with E-state index in [-0.39, 0.29) is 23.5 Å². The molecule has 7 nitrogen and oxygen atoms in total. The number of hydrogen-bond acceptors (Lipinski definition) is 5. The summed E-state index contributed by atoms with van der Waals surface area (Å²) in [6.45, 7) is 3.64. The van der Waals surface area contributed by atoms with Crippen molar-refractivity contribution in [1.29, 1.82) is 0 Å². The lowest BCUT2D eigenvalue weighted by Crippen LogP contribution is -2.40. The topological polar surface area (TPSA) is 95.9 Å². The summed E-state index contributed by atoms with van der Waals surface area (Å²) in [5, 5.41) is 12.1. The van der Waals surface area contributed by atoms with Gasteiger partial charge < -0.3 is 15.2 Å². The number of aromatic carboxylic acids is 1. The molecule has 0 aromatic heterocycles. The molecule has 1 aromatic rings. The molecule has 2 rings (SSSR count). The van der Waals surface area contributed by atoms with Crippen LogP contribution in [-0.4, -0.2) is 56.6 Å². The van der Waals surface area contributed by atoms with E-state index in [0.717, 1.165) is 0 Å². The van der Waals surface area contributed by atoms with Crippen LogP contribution in [0.25, 0.3) is 0 Å². The standard InChI is InChI=1S/C13H18N2O5S/c1-2-14-12-4-3-10(9-11(12)13(16)17)21(18,19)15-5-7-20-8-6-15/h3-4,9,14H,2,5-8H2,1H3,(H,16,17). The Labute approximate surface area is 123 Å². The third-order valence-electron chi connectivity index (χ3n) is 3.20. The van der Waals surface area contributed by atoms with Gasteiger partial charge in [0.2, 0.25) is 10.0 Å². The lowest BCUT2D eigenvalue weighted by Gasteiger charge is -2.26. The molecule has 1 heterocycles. The van der Waals surface area contributed by atoms with Gasteiger partial charge in [0, 0.05) is 25.3 Å². The molecule has 116 valence electrons. The number of anilines is 1. The van der Waals surface area contributed by atoms with E-state index in [0.29, 0.717) is 25.4 Å². The molecule has 1 aromatic carbocycles. The van der Waals surface area contributed by atoms with E-state index < -0.39 is 16.0 Å². The molecule has 0 radical (unpaired) electrons. The summed E-state index contributed by atoms with van der Waals surface area (Å²) in [4.78, 5) is 11.3. The van der Waals surface area contributed by atoms with Gasteiger partial charge >= 0.3 is 5.97 Å². The van der Waals surface area contributed by atoms with E-state index in [1.54, 1.807) is 0 Å². The fraction of sp³-hybridized carbons (Fsp3) is 0.462. The molecule has 0 saturated carbocycles. The number of carboxylic acid groups (broad SMARTS) is 1. The second-order valence-corrected chi connectivity index (χ2v) is 6.50. The van der Waals surface area contributed by atoms with Crippen molar-refractivity contribution in [2.45, 2.75) is 11.8 Å². The van der Waals surface area contributed by atoms with Crippen LogP contribution in [0, 0.1) is 0 Å². The zero-order valence-corrected chi connectivity index (χ0v) is 12.5. The van der Waals surface area contributed by atoms with Gasteiger partial charge in [0.15, 0.2) is 0 Å². The summed E-state index contributed by atoms with van der Waals surface area (Å²) < 4.78 is 31.4. The number of morpholine rings is 1. The summed E-state index contributed by atoms with van der Waals surface area (Å²) in [6.07, 6.45) is 0. The van der Waals surface area contributed by atoms with Gasteiger partial charge in [-0.25, -0.2) is 13.2 Å². The first-order valence-electron chi connectivity index (χ1n) is 6.66. The first-order chi connectivity index (χ1) is 9.96. The Hall–Kier alpha value is -1.64. The molecule has 1 aliphatic rings. The molecule has 1 fully saturated rings. The molecule has 0 spiro atoms. The van der Waals surface area contributed by atoms with Crippen LogP contribution >= 0.6 is 0 Å². The minimum atomic E-state index is -3.69. The molecule has 0 aliphatic carbocycles. The fourth-order valence-electron chi connectivity index (χ4n) is 2.14. The van der Waals surface area contributed by atoms with Gasteiger partial charge in [-0.3, -0.25) is 0 Å². The van der Waals surface area contributed by atoms with Gasteiger partial charge in [0.25, 0.3) is 0 Å². The third-order valence-corrected chi connectivity index (χ3v) is 5.09. The zero-order valence-electron chi connectivity index (χ0n) is 11.7. The molecular weight excluding hydrogens is 296 g/mol. The zero-order chi connectivity index (χ0) is 15.5. The van der Waals surface area contributed by atoms with Crippen LogP contribution in [0.4, 0.5) is 5.69 Å². The third kappa shape index (κ3) is 3.34. The van der Waals surface area contributed by atoms with Crippen LogP contribution in [0.1, 0.15) is 17.3 Å². The average molecular weight is 314 g/mol. The second-order valence-electron chi connectivity index (χ2n) is 4.56. The highest BCUT2D eigenvalue weighted by molar-refractivity contribution is 7.89. The molecule has 1 aliphatic heterocycles. The van der Waals surface area contributed by atoms with E-state index in [9.17, 15) is 18.3 Å². The predicted molar refractivity (Wildman–Crippen MR) is 77.1 cm³/mol. The van der Waals surface area contributed by atoms with Crippen LogP contribution in [0.5, 0.6) is 0 Å². The van der Waals surface area contributed by atoms with Crippen LogP contribution in [0.15, 0.2) is 23.1 Å². The van der Waals surface area contributed by atoms with Crippen LogP contribution in [-0.2, 0) is 14.8 Å². The highest BCUT2D eigenvalue weighted by atomic mass is 32.2. The molecule has 2 N–H and O–H groups in total. The van der Waals surface area contributed by atoms with Crippen molar-refractivity contribution in [1.82, 2.24) is 4.31 Å². The average Bonchev–Trinajstić information content (AvgIpc) is 2.48. The summed E-state index contributed by atoms with van der Waals surface area (Å²) >= 11 is 0. The number of nitrogens with one attached hydrogen (secondary N) is 1. The van der Waals surface area contributed by atoms with Gasteiger partial charge in [-0.2, -0.15) is 4.31 Å². The minimum absolute atomic E-state index is 0.0107. The molecule has 0 atom stereocenters. The number of carboxylic acids is 1. The SMILES string of the molecule is CCNc1ccc(S(=O)(=O)N2CCOCC2)cc1C(=O)O. The van der Waals surface area contributed by atoms with Crippen molar-refractivity contribution < 1.29 is 23.1 Å². The quantitative estimate of drug-likeness (QED) is 0.836. The van der Waals surface area contributed by atoms with Crippen LogP contribution in [0.3, 0.4) is 0 Å². The van der Waals surface area contributed by atoms with Crippen molar-refractivity contribution in [2.75, 3.05) is 38.2 Å². The smallest absolute Gasteiger partial charge is 0.337 e. The Bertz CT molecular complexity index is 623. The molecule has 1 saturated heterocycles. The van der Waals surface area contributed by atoms with E-state index in [1.165, 1.54) is 22.5 Å². The Morgan fingerprint density at radius 1 is 1.38 bits per heavy atom. The normalized spacial score (nSPS) is 16.6. The molecule has 8 heteroatoms. The van der Waals surface area contributed by atoms with Crippen molar-refractivity contribution in [2.24, 2.45) is 0 Å². The highest BCUT2D eigenvalue weighted by Crippen LogP contribution is 2.23. The summed E-state index contributed by atoms with van der Waals surface area (Å²) in [7, 11) is -3.69. The van der Waals surface area contributed by atoms with Gasteiger partial charge in [0.1, 0.15) is 0 Å². The summed E-state index contributed by atoms with van der Waals surface area (Å²) in [6, 6.07) is 4.11. The number of carbonyl (C=O) groups is 1. The number of sulfonamides is 1. The number of ether oxygens (including phenoxy) is 1. The number of hydrogen-bond donors (Lipinski definition) is 2. The highest BCUT2D eigenvalue weighted by Gasteiger charge is 2.27. The van der Waals surface area contributed by atoms with Crippen LogP contribution in [0.2, 0.25) is 0 Å². The largest absolute Gasteiger partial charge is 0.478 e. The second kappa shape index (κ2) is 6.42. The van der Waals surface area contributed by atoms with Crippen molar-refractivity contribution in [3.8, 4) is 0 Å². The molecular formula is C13H18N2O5S. The van der Waals surface area contributed by atoms with Crippen molar-refractivity contribution in [3.05, 3.63) is 23.8 Å². The van der Waals surface area contributed by atoms with Crippen molar-refractivity contribution >= 4 is 21.7 Å². The van der Waals surface area contributed by atoms with Gasteiger partial charge in [-0.1, -0.05) is 0 Å². The van der Waals surface area contributed by atoms with Gasteiger partial charge in [-0.05, 0) is 25.1 Å². The Kier molecular flexibility index (Phi) is 4.81. The maximum atomic E-state index is 12.5. The lowest BCUT2D eigenvalue weighted by molar-refractivity contribution is 0.0697. The monoisotopic (exact) mass is 314 g/mol. The molecule has 0 amide bonds. The number of rotatable bonds is 5. The molecule has 21 heavy (non-hydrogen) atoms.